The molecule has 7 heteroatoms. The minimum atomic E-state index is -0.676. The molecule has 0 bridgehead atoms. The Hall–Kier alpha value is -3.09. The molecule has 0 saturated carbocycles. The molecule has 150 valence electrons. The van der Waals surface area contributed by atoms with Gasteiger partial charge in [-0.25, -0.2) is 9.18 Å². The number of carbonyl (C=O) groups is 2. The van der Waals surface area contributed by atoms with E-state index < -0.39 is 12.1 Å². The topological polar surface area (TPSA) is 79.5 Å². The van der Waals surface area contributed by atoms with Crippen LogP contribution in [0.15, 0.2) is 54.6 Å². The minimum Gasteiger partial charge on any atom is -0.492 e. The second-order valence-electron chi connectivity index (χ2n) is 6.63. The summed E-state index contributed by atoms with van der Waals surface area (Å²) in [5, 5.41) is 8.17. The van der Waals surface area contributed by atoms with Gasteiger partial charge in [-0.15, -0.1) is 0 Å². The van der Waals surface area contributed by atoms with Crippen molar-refractivity contribution in [2.24, 2.45) is 5.92 Å². The SMILES string of the molecule is CC(C)C(NC(=O)NCc1ccccc1)C(=O)NCCOc1cccc(F)c1. The maximum absolute atomic E-state index is 13.1. The lowest BCUT2D eigenvalue weighted by Gasteiger charge is -2.22. The maximum Gasteiger partial charge on any atom is 0.315 e. The monoisotopic (exact) mass is 387 g/mol. The zero-order valence-corrected chi connectivity index (χ0v) is 16.1. The van der Waals surface area contributed by atoms with E-state index in [1.807, 2.05) is 44.2 Å². The molecule has 2 rings (SSSR count). The van der Waals surface area contributed by atoms with E-state index >= 15 is 0 Å². The van der Waals surface area contributed by atoms with Crippen LogP contribution in [0.3, 0.4) is 0 Å². The van der Waals surface area contributed by atoms with Crippen LogP contribution in [0, 0.1) is 11.7 Å². The molecule has 0 aromatic heterocycles. The fraction of sp³-hybridized carbons (Fsp3) is 0.333. The Morgan fingerprint density at radius 3 is 2.46 bits per heavy atom. The van der Waals surface area contributed by atoms with E-state index in [4.69, 9.17) is 4.74 Å². The van der Waals surface area contributed by atoms with Crippen LogP contribution >= 0.6 is 0 Å². The highest BCUT2D eigenvalue weighted by molar-refractivity contribution is 5.87. The van der Waals surface area contributed by atoms with E-state index in [9.17, 15) is 14.0 Å². The van der Waals surface area contributed by atoms with E-state index in [0.29, 0.717) is 12.3 Å². The predicted molar refractivity (Wildman–Crippen MR) is 105 cm³/mol. The maximum atomic E-state index is 13.1. The van der Waals surface area contributed by atoms with Crippen molar-refractivity contribution in [1.29, 1.82) is 0 Å². The Morgan fingerprint density at radius 2 is 1.79 bits per heavy atom. The number of carbonyl (C=O) groups excluding carboxylic acids is 2. The van der Waals surface area contributed by atoms with Crippen molar-refractivity contribution in [2.75, 3.05) is 13.2 Å². The van der Waals surface area contributed by atoms with Crippen molar-refractivity contribution >= 4 is 11.9 Å². The number of rotatable bonds is 9. The smallest absolute Gasteiger partial charge is 0.315 e. The highest BCUT2D eigenvalue weighted by Gasteiger charge is 2.23. The molecular formula is C21H26FN3O3. The van der Waals surface area contributed by atoms with Gasteiger partial charge in [0.25, 0.3) is 0 Å². The van der Waals surface area contributed by atoms with Gasteiger partial charge in [-0.2, -0.15) is 0 Å². The van der Waals surface area contributed by atoms with Crippen LogP contribution in [-0.4, -0.2) is 31.1 Å². The Morgan fingerprint density at radius 1 is 1.04 bits per heavy atom. The van der Waals surface area contributed by atoms with Gasteiger partial charge in [0.2, 0.25) is 5.91 Å². The summed E-state index contributed by atoms with van der Waals surface area (Å²) in [5.41, 5.74) is 0.970. The minimum absolute atomic E-state index is 0.0911. The van der Waals surface area contributed by atoms with Gasteiger partial charge in [-0.3, -0.25) is 4.79 Å². The van der Waals surface area contributed by atoms with Crippen LogP contribution in [0.5, 0.6) is 5.75 Å². The summed E-state index contributed by atoms with van der Waals surface area (Å²) in [5.74, 6) is -0.375. The number of halogens is 1. The van der Waals surface area contributed by atoms with Crippen molar-refractivity contribution < 1.29 is 18.7 Å². The average molecular weight is 387 g/mol. The van der Waals surface area contributed by atoms with Gasteiger partial charge in [-0.05, 0) is 23.6 Å². The molecule has 0 heterocycles. The van der Waals surface area contributed by atoms with E-state index in [2.05, 4.69) is 16.0 Å². The van der Waals surface area contributed by atoms with E-state index in [-0.39, 0.29) is 30.8 Å². The van der Waals surface area contributed by atoms with Gasteiger partial charge in [0.1, 0.15) is 24.2 Å². The van der Waals surface area contributed by atoms with Gasteiger partial charge in [0, 0.05) is 12.6 Å². The second kappa shape index (κ2) is 10.9. The number of urea groups is 1. The van der Waals surface area contributed by atoms with Crippen molar-refractivity contribution in [2.45, 2.75) is 26.4 Å². The zero-order chi connectivity index (χ0) is 20.4. The summed E-state index contributed by atoms with van der Waals surface area (Å²) in [4.78, 5) is 24.5. The normalized spacial score (nSPS) is 11.6. The summed E-state index contributed by atoms with van der Waals surface area (Å²) < 4.78 is 18.5. The Bertz CT molecular complexity index is 769. The number of benzene rings is 2. The van der Waals surface area contributed by atoms with Crippen LogP contribution in [0.4, 0.5) is 9.18 Å². The molecule has 0 aliphatic carbocycles. The first-order valence-corrected chi connectivity index (χ1v) is 9.20. The molecule has 0 aliphatic rings. The lowest BCUT2D eigenvalue weighted by atomic mass is 10.0. The third kappa shape index (κ3) is 7.26. The van der Waals surface area contributed by atoms with Gasteiger partial charge in [0.15, 0.2) is 0 Å². The first-order valence-electron chi connectivity index (χ1n) is 9.20. The Kier molecular flexibility index (Phi) is 8.27. The Labute approximate surface area is 164 Å². The molecule has 2 aromatic rings. The van der Waals surface area contributed by atoms with E-state index in [0.717, 1.165) is 5.56 Å². The van der Waals surface area contributed by atoms with Crippen LogP contribution in [-0.2, 0) is 11.3 Å². The van der Waals surface area contributed by atoms with Crippen molar-refractivity contribution in [3.05, 3.63) is 66.0 Å². The highest BCUT2D eigenvalue weighted by Crippen LogP contribution is 2.11. The summed E-state index contributed by atoms with van der Waals surface area (Å²) in [6.07, 6.45) is 0. The molecule has 1 unspecified atom stereocenters. The number of hydrogen-bond donors (Lipinski definition) is 3. The molecule has 28 heavy (non-hydrogen) atoms. The standard InChI is InChI=1S/C21H26FN3O3/c1-15(2)19(25-21(27)24-14-16-7-4-3-5-8-16)20(26)23-11-12-28-18-10-6-9-17(22)13-18/h3-10,13,15,19H,11-12,14H2,1-2H3,(H,23,26)(H2,24,25,27). The predicted octanol–water partition coefficient (Wildman–Crippen LogP) is 2.84. The quantitative estimate of drug-likeness (QED) is 0.579. The third-order valence-corrected chi connectivity index (χ3v) is 4.00. The highest BCUT2D eigenvalue weighted by atomic mass is 19.1. The second-order valence-corrected chi connectivity index (χ2v) is 6.63. The summed E-state index contributed by atoms with van der Waals surface area (Å²) in [7, 11) is 0. The molecule has 0 saturated heterocycles. The summed E-state index contributed by atoms with van der Waals surface area (Å²) in [6, 6.07) is 14.2. The van der Waals surface area contributed by atoms with Gasteiger partial charge in [0.05, 0.1) is 6.54 Å². The van der Waals surface area contributed by atoms with Gasteiger partial charge < -0.3 is 20.7 Å². The average Bonchev–Trinajstić information content (AvgIpc) is 2.68. The fourth-order valence-electron chi connectivity index (χ4n) is 2.52. The summed E-state index contributed by atoms with van der Waals surface area (Å²) in [6.45, 7) is 4.52. The molecule has 3 N–H and O–H groups in total. The van der Waals surface area contributed by atoms with Crippen molar-refractivity contribution in [3.8, 4) is 5.75 Å². The molecular weight excluding hydrogens is 361 g/mol. The number of amides is 3. The zero-order valence-electron chi connectivity index (χ0n) is 16.1. The molecule has 0 spiro atoms. The molecule has 0 radical (unpaired) electrons. The van der Waals surface area contributed by atoms with Gasteiger partial charge >= 0.3 is 6.03 Å². The molecule has 3 amide bonds. The van der Waals surface area contributed by atoms with Crippen molar-refractivity contribution in [1.82, 2.24) is 16.0 Å². The van der Waals surface area contributed by atoms with Crippen LogP contribution in [0.1, 0.15) is 19.4 Å². The van der Waals surface area contributed by atoms with Crippen LogP contribution in [0.2, 0.25) is 0 Å². The largest absolute Gasteiger partial charge is 0.492 e. The number of nitrogens with one attached hydrogen (secondary N) is 3. The number of hydrogen-bond acceptors (Lipinski definition) is 3. The first kappa shape index (κ1) is 21.2. The van der Waals surface area contributed by atoms with E-state index in [1.165, 1.54) is 12.1 Å². The van der Waals surface area contributed by atoms with Crippen LogP contribution in [0.25, 0.3) is 0 Å². The fourth-order valence-corrected chi connectivity index (χ4v) is 2.52. The molecule has 0 aliphatic heterocycles. The lowest BCUT2D eigenvalue weighted by Crippen LogP contribution is -2.52. The molecule has 0 fully saturated rings. The molecule has 2 aromatic carbocycles. The lowest BCUT2D eigenvalue weighted by molar-refractivity contribution is -0.124. The van der Waals surface area contributed by atoms with E-state index in [1.54, 1.807) is 12.1 Å². The van der Waals surface area contributed by atoms with Crippen LogP contribution < -0.4 is 20.7 Å². The molecule has 6 nitrogen and oxygen atoms in total. The summed E-state index contributed by atoms with van der Waals surface area (Å²) >= 11 is 0. The van der Waals surface area contributed by atoms with Gasteiger partial charge in [-0.1, -0.05) is 50.2 Å². The number of ether oxygens (including phenoxy) is 1. The van der Waals surface area contributed by atoms with Crippen molar-refractivity contribution in [3.63, 3.8) is 0 Å². The first-order chi connectivity index (χ1) is 13.5. The Balaban J connectivity index is 1.75. The molecule has 1 atom stereocenters. The third-order valence-electron chi connectivity index (χ3n) is 4.00.